The Labute approximate surface area is 328 Å². The van der Waals surface area contributed by atoms with Gasteiger partial charge in [-0.3, -0.25) is 24.0 Å². The van der Waals surface area contributed by atoms with Crippen molar-refractivity contribution >= 4 is 39.9 Å². The number of allylic oxidation sites excluding steroid dienone is 1. The fourth-order valence-corrected chi connectivity index (χ4v) is 9.08. The van der Waals surface area contributed by atoms with Gasteiger partial charge in [-0.25, -0.2) is 22.4 Å². The molecule has 1 aromatic rings. The average molecular weight is 828 g/mol. The van der Waals surface area contributed by atoms with Crippen molar-refractivity contribution in [1.82, 2.24) is 25.2 Å². The number of amides is 5. The molecule has 2 aliphatic carbocycles. The van der Waals surface area contributed by atoms with Crippen LogP contribution in [0.15, 0.2) is 30.4 Å². The topological polar surface area (TPSA) is 181 Å². The van der Waals surface area contributed by atoms with Crippen LogP contribution in [0.25, 0.3) is 0 Å². The normalized spacial score (nSPS) is 30.1. The number of rotatable bonds is 6. The van der Waals surface area contributed by atoms with Gasteiger partial charge in [0.15, 0.2) is 0 Å². The number of alkyl halides is 3. The molecule has 3 fully saturated rings. The first-order valence-electron chi connectivity index (χ1n) is 19.1. The van der Waals surface area contributed by atoms with Gasteiger partial charge in [-0.05, 0) is 82.8 Å². The number of nitrogens with one attached hydrogen (secondary N) is 3. The summed E-state index contributed by atoms with van der Waals surface area (Å²) in [5.41, 5.74) is -3.73. The van der Waals surface area contributed by atoms with Crippen LogP contribution in [0.3, 0.4) is 0 Å². The highest BCUT2D eigenvalue weighted by molar-refractivity contribution is 7.91. The van der Waals surface area contributed by atoms with Gasteiger partial charge >= 0.3 is 18.4 Å². The Morgan fingerprint density at radius 2 is 1.75 bits per heavy atom. The molecular weight excluding hydrogens is 779 g/mol. The molecule has 2 saturated carbocycles. The number of nitrogens with zero attached hydrogens (tertiary/aromatic N) is 2. The van der Waals surface area contributed by atoms with E-state index >= 15 is 0 Å². The van der Waals surface area contributed by atoms with Crippen LogP contribution in [0.5, 0.6) is 0 Å². The van der Waals surface area contributed by atoms with E-state index in [1.54, 1.807) is 19.1 Å². The molecule has 0 aromatic heterocycles. The molecule has 6 rings (SSSR count). The third-order valence-electron chi connectivity index (χ3n) is 12.0. The number of alkyl carbamates (subject to hydrolysis) is 1. The second-order valence-electron chi connectivity index (χ2n) is 17.0. The van der Waals surface area contributed by atoms with E-state index in [1.165, 1.54) is 24.0 Å². The van der Waals surface area contributed by atoms with Gasteiger partial charge in [0.2, 0.25) is 27.4 Å². The minimum Gasteiger partial charge on any atom is -0.444 e. The van der Waals surface area contributed by atoms with E-state index in [-0.39, 0.29) is 31.8 Å². The highest BCUT2D eigenvalue weighted by atomic mass is 32.2. The van der Waals surface area contributed by atoms with Gasteiger partial charge in [-0.1, -0.05) is 38.1 Å². The molecule has 57 heavy (non-hydrogen) atoms. The Balaban J connectivity index is 1.30. The van der Waals surface area contributed by atoms with Gasteiger partial charge in [-0.15, -0.1) is 0 Å². The van der Waals surface area contributed by atoms with Crippen LogP contribution in [0.4, 0.5) is 27.2 Å². The lowest BCUT2D eigenvalue weighted by atomic mass is 9.88. The molecule has 5 amide bonds. The van der Waals surface area contributed by atoms with Crippen molar-refractivity contribution in [3.8, 4) is 0 Å². The summed E-state index contributed by atoms with van der Waals surface area (Å²) >= 11 is 0. The van der Waals surface area contributed by atoms with Crippen LogP contribution in [0.1, 0.15) is 90.7 Å². The third-order valence-corrected chi connectivity index (χ3v) is 14.2. The van der Waals surface area contributed by atoms with Crippen molar-refractivity contribution < 1.29 is 59.4 Å². The lowest BCUT2D eigenvalue weighted by molar-refractivity contribution is -0.244. The maximum atomic E-state index is 14.6. The Hall–Kier alpha value is -4.42. The third kappa shape index (κ3) is 8.58. The Morgan fingerprint density at radius 3 is 2.40 bits per heavy atom. The predicted octanol–water partition coefficient (Wildman–Crippen LogP) is 4.57. The Morgan fingerprint density at radius 1 is 1.05 bits per heavy atom. The molecule has 19 heteroatoms. The molecule has 7 atom stereocenters. The number of benzene rings is 1. The summed E-state index contributed by atoms with van der Waals surface area (Å²) in [6, 6.07) is 1.48. The van der Waals surface area contributed by atoms with Gasteiger partial charge in [0.05, 0.1) is 17.8 Å². The van der Waals surface area contributed by atoms with E-state index in [0.29, 0.717) is 57.1 Å². The number of hydrogen-bond donors (Lipinski definition) is 3. The van der Waals surface area contributed by atoms with Crippen LogP contribution < -0.4 is 15.4 Å². The minimum atomic E-state index is -4.94. The predicted molar refractivity (Wildman–Crippen MR) is 195 cm³/mol. The molecule has 5 aliphatic rings. The van der Waals surface area contributed by atoms with E-state index < -0.39 is 104 Å². The number of carbonyl (C=O) groups excluding carboxylic acids is 5. The summed E-state index contributed by atoms with van der Waals surface area (Å²) in [6.45, 7) is 5.90. The monoisotopic (exact) mass is 827 g/mol. The van der Waals surface area contributed by atoms with Crippen LogP contribution >= 0.6 is 0 Å². The lowest BCUT2D eigenvalue weighted by Gasteiger charge is -2.34. The summed E-state index contributed by atoms with van der Waals surface area (Å²) in [4.78, 5) is 71.5. The summed E-state index contributed by atoms with van der Waals surface area (Å²) in [5.74, 6) is -4.58. The van der Waals surface area contributed by atoms with Gasteiger partial charge in [-0.2, -0.15) is 13.2 Å². The fraction of sp³-hybridized carbons (Fsp3) is 0.658. The van der Waals surface area contributed by atoms with Crippen LogP contribution in [-0.2, 0) is 47.0 Å². The van der Waals surface area contributed by atoms with Crippen LogP contribution in [0.2, 0.25) is 0 Å². The van der Waals surface area contributed by atoms with E-state index in [0.717, 1.165) is 4.90 Å². The van der Waals surface area contributed by atoms with E-state index in [4.69, 9.17) is 9.47 Å². The standard InChI is InChI=1S/C38H49F4N5O9S/c1-21-9-6-7-11-24-17-37(24,32(50)45-57(53,54)36(5)13-14-36)44-30(48)28-16-25(55-34(52)46-18-23-10-8-12-27(39)26(23)20-46)19-47(28)31(49)29(22(2)15-21)43-33(51)56-35(3,4)38(40,41)42/h7-8,10-12,21-22,24-25,28-29H,6,9,13-20H2,1-5H3,(H,43,51)(H,44,48)(H,45,50)/t21-,22-,24-,25-,28+,29+,37-/m1/s1. The minimum absolute atomic E-state index is 0.0395. The van der Waals surface area contributed by atoms with Crippen LogP contribution in [-0.4, -0.2) is 94.9 Å². The Bertz CT molecular complexity index is 1960. The molecule has 314 valence electrons. The molecule has 0 bridgehead atoms. The van der Waals surface area contributed by atoms with Gasteiger partial charge in [0.1, 0.15) is 29.5 Å². The van der Waals surface area contributed by atoms with Crippen molar-refractivity contribution in [3.63, 3.8) is 0 Å². The summed E-state index contributed by atoms with van der Waals surface area (Å²) in [7, 11) is -4.11. The first kappa shape index (κ1) is 42.2. The second kappa shape index (κ2) is 15.1. The maximum absolute atomic E-state index is 14.6. The highest BCUT2D eigenvalue weighted by Crippen LogP contribution is 2.47. The fourth-order valence-electron chi connectivity index (χ4n) is 7.77. The largest absolute Gasteiger partial charge is 0.444 e. The smallest absolute Gasteiger partial charge is 0.427 e. The SMILES string of the molecule is C[C@@H]1CCC=C[C@@H]2C[C@@]2(C(=O)NS(=O)(=O)C2(C)CC2)NC(=O)[C@@H]2C[C@@H](OC(=O)N3Cc4cccc(F)c4C3)CN2C(=O)[C@@H](NC(=O)OC(C)(C)C(F)(F)F)[C@H](C)C1. The average Bonchev–Trinajstić information content (AvgIpc) is 3.90. The summed E-state index contributed by atoms with van der Waals surface area (Å²) in [6.07, 6.45) is -3.05. The number of sulfonamides is 1. The molecule has 14 nitrogen and oxygen atoms in total. The van der Waals surface area contributed by atoms with E-state index in [1.807, 2.05) is 13.0 Å². The van der Waals surface area contributed by atoms with Crippen molar-refractivity contribution in [3.05, 3.63) is 47.3 Å². The van der Waals surface area contributed by atoms with Crippen molar-refractivity contribution in [2.24, 2.45) is 17.8 Å². The lowest BCUT2D eigenvalue weighted by Crippen LogP contribution is -2.59. The number of carbonyl (C=O) groups is 5. The van der Waals surface area contributed by atoms with Crippen molar-refractivity contribution in [1.29, 1.82) is 0 Å². The zero-order chi connectivity index (χ0) is 41.9. The molecule has 0 spiro atoms. The molecular formula is C38H49F4N5O9S. The molecule has 3 heterocycles. The molecule has 3 aliphatic heterocycles. The first-order chi connectivity index (χ1) is 26.5. The number of ether oxygens (including phenoxy) is 2. The molecule has 3 N–H and O–H groups in total. The van der Waals surface area contributed by atoms with Crippen LogP contribution in [0, 0.1) is 23.6 Å². The first-order valence-corrected chi connectivity index (χ1v) is 20.6. The zero-order valence-electron chi connectivity index (χ0n) is 32.4. The molecule has 1 aromatic carbocycles. The molecule has 0 unspecified atom stereocenters. The van der Waals surface area contributed by atoms with Crippen molar-refractivity contribution in [2.45, 2.75) is 133 Å². The number of hydrogen-bond acceptors (Lipinski definition) is 9. The quantitative estimate of drug-likeness (QED) is 0.274. The maximum Gasteiger partial charge on any atom is 0.427 e. The van der Waals surface area contributed by atoms with E-state index in [2.05, 4.69) is 15.4 Å². The van der Waals surface area contributed by atoms with Gasteiger partial charge < -0.3 is 25.0 Å². The Kier molecular flexibility index (Phi) is 11.2. The van der Waals surface area contributed by atoms with Crippen molar-refractivity contribution in [2.75, 3.05) is 6.54 Å². The summed E-state index contributed by atoms with van der Waals surface area (Å²) < 4.78 is 93.3. The number of halogens is 4. The second-order valence-corrected chi connectivity index (χ2v) is 19.2. The summed E-state index contributed by atoms with van der Waals surface area (Å²) in [5, 5.41) is 5.01. The molecule has 0 radical (unpaired) electrons. The van der Waals surface area contributed by atoms with Gasteiger partial charge in [0, 0.05) is 24.4 Å². The molecule has 1 saturated heterocycles. The highest BCUT2D eigenvalue weighted by Gasteiger charge is 2.63. The van der Waals surface area contributed by atoms with Gasteiger partial charge in [0.25, 0.3) is 5.91 Å². The zero-order valence-corrected chi connectivity index (χ0v) is 33.2. The van der Waals surface area contributed by atoms with E-state index in [9.17, 15) is 50.0 Å². The number of fused-ring (bicyclic) bond motifs is 3.